The third kappa shape index (κ3) is 6.44. The van der Waals surface area contributed by atoms with Crippen LogP contribution in [-0.4, -0.2) is 64.5 Å². The Kier molecular flexibility index (Phi) is 8.01. The third-order valence-electron chi connectivity index (χ3n) is 3.67. The minimum absolute atomic E-state index is 0.184. The molecule has 0 atom stereocenters. The molecule has 2 rings (SSSR count). The number of piperazine rings is 1. The van der Waals surface area contributed by atoms with Crippen molar-refractivity contribution in [1.29, 1.82) is 0 Å². The number of hydrogen-bond acceptors (Lipinski definition) is 8. The van der Waals surface area contributed by atoms with Crippen LogP contribution >= 0.6 is 0 Å². The van der Waals surface area contributed by atoms with Crippen molar-refractivity contribution in [3.63, 3.8) is 0 Å². The van der Waals surface area contributed by atoms with Crippen molar-refractivity contribution in [1.82, 2.24) is 5.32 Å². The lowest BCUT2D eigenvalue weighted by Gasteiger charge is -2.30. The average molecular weight is 366 g/mol. The molecule has 1 heterocycles. The molecule has 0 radical (unpaired) electrons. The summed E-state index contributed by atoms with van der Waals surface area (Å²) in [5.41, 5.74) is 0.909. The van der Waals surface area contributed by atoms with E-state index in [4.69, 9.17) is 18.9 Å². The van der Waals surface area contributed by atoms with Crippen molar-refractivity contribution >= 4 is 17.6 Å². The maximum absolute atomic E-state index is 11.5. The van der Waals surface area contributed by atoms with Gasteiger partial charge in [-0.1, -0.05) is 0 Å². The first-order valence-electron chi connectivity index (χ1n) is 8.80. The van der Waals surface area contributed by atoms with E-state index >= 15 is 0 Å². The first kappa shape index (κ1) is 19.8. The predicted octanol–water partition coefficient (Wildman–Crippen LogP) is 0.980. The number of rotatable bonds is 9. The number of anilines is 1. The van der Waals surface area contributed by atoms with Gasteiger partial charge in [-0.05, 0) is 13.8 Å². The Hall–Kier alpha value is -2.48. The molecule has 0 spiro atoms. The van der Waals surface area contributed by atoms with Crippen molar-refractivity contribution in [3.05, 3.63) is 18.2 Å². The van der Waals surface area contributed by atoms with Crippen molar-refractivity contribution in [2.75, 3.05) is 57.5 Å². The van der Waals surface area contributed by atoms with Crippen LogP contribution in [0.5, 0.6) is 11.5 Å². The molecule has 0 unspecified atom stereocenters. The second-order valence-corrected chi connectivity index (χ2v) is 5.59. The molecule has 0 saturated carbocycles. The number of nitrogens with one attached hydrogen (secondary N) is 1. The summed E-state index contributed by atoms with van der Waals surface area (Å²) in [7, 11) is 0. The van der Waals surface area contributed by atoms with Crippen LogP contribution in [0.2, 0.25) is 0 Å². The van der Waals surface area contributed by atoms with Gasteiger partial charge in [-0.2, -0.15) is 0 Å². The normalized spacial score (nSPS) is 13.8. The molecule has 1 N–H and O–H groups in total. The molecule has 8 nitrogen and oxygen atoms in total. The van der Waals surface area contributed by atoms with E-state index in [1.807, 2.05) is 12.1 Å². The van der Waals surface area contributed by atoms with E-state index < -0.39 is 11.9 Å². The Morgan fingerprint density at radius 1 is 0.923 bits per heavy atom. The summed E-state index contributed by atoms with van der Waals surface area (Å²) >= 11 is 0. The van der Waals surface area contributed by atoms with E-state index in [1.165, 1.54) is 0 Å². The summed E-state index contributed by atoms with van der Waals surface area (Å²) < 4.78 is 20.8. The fraction of sp³-hybridized carbons (Fsp3) is 0.556. The lowest BCUT2D eigenvalue weighted by molar-refractivity contribution is -0.146. The summed E-state index contributed by atoms with van der Waals surface area (Å²) in [5.74, 6) is 0.0871. The van der Waals surface area contributed by atoms with Crippen LogP contribution in [0.4, 0.5) is 5.69 Å². The zero-order valence-electron chi connectivity index (χ0n) is 15.3. The molecule has 1 aliphatic heterocycles. The fourth-order valence-corrected chi connectivity index (χ4v) is 2.52. The third-order valence-corrected chi connectivity index (χ3v) is 3.67. The van der Waals surface area contributed by atoms with Crippen molar-refractivity contribution < 1.29 is 28.5 Å². The molecule has 1 fully saturated rings. The van der Waals surface area contributed by atoms with Gasteiger partial charge < -0.3 is 29.2 Å². The summed E-state index contributed by atoms with van der Waals surface area (Å²) in [6, 6.07) is 5.34. The highest BCUT2D eigenvalue weighted by molar-refractivity contribution is 5.72. The van der Waals surface area contributed by atoms with E-state index in [0.717, 1.165) is 31.9 Å². The SMILES string of the molecule is CCOC(=O)COc1cc(OCC(=O)OCC)cc(N2CCNCC2)c1. The quantitative estimate of drug-likeness (QED) is 0.648. The first-order valence-corrected chi connectivity index (χ1v) is 8.80. The first-order chi connectivity index (χ1) is 12.6. The molecular weight excluding hydrogens is 340 g/mol. The van der Waals surface area contributed by atoms with Gasteiger partial charge in [0.2, 0.25) is 0 Å². The number of esters is 2. The lowest BCUT2D eigenvalue weighted by Crippen LogP contribution is -2.43. The molecule has 1 aromatic carbocycles. The standard InChI is InChI=1S/C18H26N2O6/c1-3-23-17(21)12-25-15-9-14(20-7-5-19-6-8-20)10-16(11-15)26-13-18(22)24-4-2/h9-11,19H,3-8,12-13H2,1-2H3. The minimum atomic E-state index is -0.436. The van der Waals surface area contributed by atoms with Gasteiger partial charge in [0, 0.05) is 50.1 Å². The summed E-state index contributed by atoms with van der Waals surface area (Å²) in [4.78, 5) is 25.2. The van der Waals surface area contributed by atoms with Gasteiger partial charge in [0.15, 0.2) is 13.2 Å². The summed E-state index contributed by atoms with van der Waals surface area (Å²) in [6.07, 6.45) is 0. The molecular formula is C18H26N2O6. The zero-order valence-corrected chi connectivity index (χ0v) is 15.3. The molecule has 0 amide bonds. The monoisotopic (exact) mass is 366 g/mol. The van der Waals surface area contributed by atoms with Gasteiger partial charge in [-0.3, -0.25) is 0 Å². The Morgan fingerprint density at radius 2 is 1.42 bits per heavy atom. The van der Waals surface area contributed by atoms with Gasteiger partial charge in [0.25, 0.3) is 0 Å². The number of ether oxygens (including phenoxy) is 4. The summed E-state index contributed by atoms with van der Waals surface area (Å²) in [6.45, 7) is 7.17. The van der Waals surface area contributed by atoms with Gasteiger partial charge >= 0.3 is 11.9 Å². The second-order valence-electron chi connectivity index (χ2n) is 5.59. The van der Waals surface area contributed by atoms with Crippen LogP contribution in [0.3, 0.4) is 0 Å². The Labute approximate surface area is 153 Å². The predicted molar refractivity (Wildman–Crippen MR) is 95.8 cm³/mol. The summed E-state index contributed by atoms with van der Waals surface area (Å²) in [5, 5.41) is 3.30. The minimum Gasteiger partial charge on any atom is -0.482 e. The molecule has 8 heteroatoms. The highest BCUT2D eigenvalue weighted by atomic mass is 16.6. The topological polar surface area (TPSA) is 86.3 Å². The fourth-order valence-electron chi connectivity index (χ4n) is 2.52. The van der Waals surface area contributed by atoms with Gasteiger partial charge in [-0.25, -0.2) is 9.59 Å². The van der Waals surface area contributed by atoms with E-state index in [2.05, 4.69) is 10.2 Å². The molecule has 1 saturated heterocycles. The van der Waals surface area contributed by atoms with Gasteiger partial charge in [-0.15, -0.1) is 0 Å². The maximum Gasteiger partial charge on any atom is 0.344 e. The molecule has 144 valence electrons. The number of carbonyl (C=O) groups is 2. The van der Waals surface area contributed by atoms with Crippen LogP contribution < -0.4 is 19.7 Å². The average Bonchev–Trinajstić information content (AvgIpc) is 2.66. The van der Waals surface area contributed by atoms with Crippen molar-refractivity contribution in [2.24, 2.45) is 0 Å². The van der Waals surface area contributed by atoms with Crippen LogP contribution in [0.1, 0.15) is 13.8 Å². The number of benzene rings is 1. The number of hydrogen-bond donors (Lipinski definition) is 1. The van der Waals surface area contributed by atoms with E-state index in [-0.39, 0.29) is 13.2 Å². The molecule has 1 aliphatic rings. The van der Waals surface area contributed by atoms with Crippen molar-refractivity contribution in [3.8, 4) is 11.5 Å². The Bertz CT molecular complexity index is 561. The number of nitrogens with zero attached hydrogens (tertiary/aromatic N) is 1. The maximum atomic E-state index is 11.5. The van der Waals surface area contributed by atoms with E-state index in [1.54, 1.807) is 19.9 Å². The van der Waals surface area contributed by atoms with Crippen LogP contribution in [-0.2, 0) is 19.1 Å². The Morgan fingerprint density at radius 3 is 1.88 bits per heavy atom. The van der Waals surface area contributed by atoms with E-state index in [9.17, 15) is 9.59 Å². The lowest BCUT2D eigenvalue weighted by atomic mass is 10.2. The second kappa shape index (κ2) is 10.5. The molecule has 0 bridgehead atoms. The molecule has 0 aromatic heterocycles. The number of carbonyl (C=O) groups excluding carboxylic acids is 2. The van der Waals surface area contributed by atoms with Crippen molar-refractivity contribution in [2.45, 2.75) is 13.8 Å². The van der Waals surface area contributed by atoms with Gasteiger partial charge in [0.1, 0.15) is 11.5 Å². The van der Waals surface area contributed by atoms with E-state index in [0.29, 0.717) is 24.7 Å². The zero-order chi connectivity index (χ0) is 18.8. The van der Waals surface area contributed by atoms with Gasteiger partial charge in [0.05, 0.1) is 13.2 Å². The van der Waals surface area contributed by atoms with Crippen LogP contribution in [0, 0.1) is 0 Å². The van der Waals surface area contributed by atoms with Crippen LogP contribution in [0.15, 0.2) is 18.2 Å². The highest BCUT2D eigenvalue weighted by Gasteiger charge is 2.15. The largest absolute Gasteiger partial charge is 0.482 e. The molecule has 1 aromatic rings. The Balaban J connectivity index is 2.09. The highest BCUT2D eigenvalue weighted by Crippen LogP contribution is 2.29. The molecule has 26 heavy (non-hydrogen) atoms. The van der Waals surface area contributed by atoms with Crippen LogP contribution in [0.25, 0.3) is 0 Å². The molecule has 0 aliphatic carbocycles. The smallest absolute Gasteiger partial charge is 0.344 e.